The molecule has 1 aromatic heterocycles. The third-order valence-corrected chi connectivity index (χ3v) is 1.89. The van der Waals surface area contributed by atoms with Gasteiger partial charge in [-0.05, 0) is 12.1 Å². The molecular weight excluding hydrogens is 160 g/mol. The number of pyridine rings is 1. The molecule has 1 heterocycles. The predicted octanol–water partition coefficient (Wildman–Crippen LogP) is 2.28. The number of nitrogens with zero attached hydrogens (tertiary/aromatic N) is 2. The van der Waals surface area contributed by atoms with Crippen molar-refractivity contribution in [2.45, 2.75) is 0 Å². The van der Waals surface area contributed by atoms with Gasteiger partial charge in [-0.15, -0.1) is 0 Å². The van der Waals surface area contributed by atoms with Crippen LogP contribution in [-0.2, 0) is 0 Å². The van der Waals surface area contributed by atoms with Gasteiger partial charge in [0.05, 0.1) is 5.52 Å². The number of hydrogen-bond acceptors (Lipinski definition) is 2. The molecule has 0 N–H and O–H groups in total. The first-order chi connectivity index (χ1) is 6.40. The smallest absolute Gasteiger partial charge is 0.0702 e. The number of hydrogen-bond donors (Lipinski definition) is 0. The number of rotatable bonds is 1. The van der Waals surface area contributed by atoms with E-state index in [1.165, 1.54) is 0 Å². The lowest BCUT2D eigenvalue weighted by molar-refractivity contribution is 1.39. The maximum absolute atomic E-state index is 4.31. The average Bonchev–Trinajstić information content (AvgIpc) is 2.18. The van der Waals surface area contributed by atoms with Gasteiger partial charge in [-0.3, -0.25) is 9.98 Å². The SMILES string of the molecule is CN=Cc1cnc2ccccc2c1. The normalized spacial score (nSPS) is 11.2. The van der Waals surface area contributed by atoms with Crippen LogP contribution < -0.4 is 0 Å². The molecule has 0 amide bonds. The van der Waals surface area contributed by atoms with Gasteiger partial charge in [0.1, 0.15) is 0 Å². The maximum Gasteiger partial charge on any atom is 0.0702 e. The molecule has 13 heavy (non-hydrogen) atoms. The molecule has 0 fully saturated rings. The van der Waals surface area contributed by atoms with Crippen molar-refractivity contribution >= 4 is 17.1 Å². The van der Waals surface area contributed by atoms with Crippen LogP contribution in [0.2, 0.25) is 0 Å². The molecule has 0 bridgehead atoms. The van der Waals surface area contributed by atoms with E-state index in [0.717, 1.165) is 16.5 Å². The molecule has 0 atom stereocenters. The zero-order valence-corrected chi connectivity index (χ0v) is 7.44. The van der Waals surface area contributed by atoms with E-state index >= 15 is 0 Å². The fourth-order valence-corrected chi connectivity index (χ4v) is 1.31. The van der Waals surface area contributed by atoms with Crippen LogP contribution in [-0.4, -0.2) is 18.2 Å². The summed E-state index contributed by atoms with van der Waals surface area (Å²) in [6, 6.07) is 10.1. The summed E-state index contributed by atoms with van der Waals surface area (Å²) in [7, 11) is 1.76. The Bertz CT molecular complexity index is 447. The van der Waals surface area contributed by atoms with Gasteiger partial charge in [0.15, 0.2) is 0 Å². The van der Waals surface area contributed by atoms with E-state index < -0.39 is 0 Å². The highest BCUT2D eigenvalue weighted by Gasteiger charge is 1.93. The second-order valence-corrected chi connectivity index (χ2v) is 2.85. The Hall–Kier alpha value is -1.70. The lowest BCUT2D eigenvalue weighted by Crippen LogP contribution is -1.84. The summed E-state index contributed by atoms with van der Waals surface area (Å²) in [4.78, 5) is 8.26. The molecule has 0 aliphatic rings. The van der Waals surface area contributed by atoms with Gasteiger partial charge in [-0.25, -0.2) is 0 Å². The number of benzene rings is 1. The molecule has 2 nitrogen and oxygen atoms in total. The number of aromatic nitrogens is 1. The number of fused-ring (bicyclic) bond motifs is 1. The molecule has 0 aliphatic carbocycles. The minimum Gasteiger partial charge on any atom is -0.296 e. The third-order valence-electron chi connectivity index (χ3n) is 1.89. The molecule has 0 unspecified atom stereocenters. The first kappa shape index (κ1) is 7.92. The lowest BCUT2D eigenvalue weighted by atomic mass is 10.2. The van der Waals surface area contributed by atoms with Crippen molar-refractivity contribution in [2.75, 3.05) is 7.05 Å². The summed E-state index contributed by atoms with van der Waals surface area (Å²) < 4.78 is 0. The van der Waals surface area contributed by atoms with E-state index in [4.69, 9.17) is 0 Å². The fourth-order valence-electron chi connectivity index (χ4n) is 1.31. The van der Waals surface area contributed by atoms with Crippen LogP contribution in [0.3, 0.4) is 0 Å². The third kappa shape index (κ3) is 1.56. The summed E-state index contributed by atoms with van der Waals surface area (Å²) in [6.07, 6.45) is 3.63. The Kier molecular flexibility index (Phi) is 2.04. The van der Waals surface area contributed by atoms with Crippen molar-refractivity contribution in [1.29, 1.82) is 0 Å². The van der Waals surface area contributed by atoms with Gasteiger partial charge < -0.3 is 0 Å². The molecular formula is C11H10N2. The zero-order valence-electron chi connectivity index (χ0n) is 7.44. The fraction of sp³-hybridized carbons (Fsp3) is 0.0909. The van der Waals surface area contributed by atoms with Crippen LogP contribution in [0, 0.1) is 0 Å². The van der Waals surface area contributed by atoms with Gasteiger partial charge in [0.25, 0.3) is 0 Å². The summed E-state index contributed by atoms with van der Waals surface area (Å²) in [6.45, 7) is 0. The van der Waals surface area contributed by atoms with Crippen LogP contribution in [0.5, 0.6) is 0 Å². The summed E-state index contributed by atoms with van der Waals surface area (Å²) in [5.74, 6) is 0. The minimum absolute atomic E-state index is 1.02. The maximum atomic E-state index is 4.31. The molecule has 2 aromatic rings. The second kappa shape index (κ2) is 3.35. The van der Waals surface area contributed by atoms with Gasteiger partial charge in [-0.1, -0.05) is 18.2 Å². The first-order valence-corrected chi connectivity index (χ1v) is 4.17. The van der Waals surface area contributed by atoms with Gasteiger partial charge in [-0.2, -0.15) is 0 Å². The Balaban J connectivity index is 2.62. The van der Waals surface area contributed by atoms with E-state index in [1.807, 2.05) is 24.4 Å². The summed E-state index contributed by atoms with van der Waals surface area (Å²) in [5, 5.41) is 1.15. The summed E-state index contributed by atoms with van der Waals surface area (Å²) >= 11 is 0. The Morgan fingerprint density at radius 3 is 3.00 bits per heavy atom. The van der Waals surface area contributed by atoms with Crippen molar-refractivity contribution in [2.24, 2.45) is 4.99 Å². The highest BCUT2D eigenvalue weighted by Crippen LogP contribution is 2.11. The van der Waals surface area contributed by atoms with Gasteiger partial charge in [0, 0.05) is 30.4 Å². The van der Waals surface area contributed by atoms with Crippen molar-refractivity contribution in [3.8, 4) is 0 Å². The van der Waals surface area contributed by atoms with Gasteiger partial charge in [0.2, 0.25) is 0 Å². The minimum atomic E-state index is 1.02. The molecule has 0 aliphatic heterocycles. The molecule has 0 saturated carbocycles. The van der Waals surface area contributed by atoms with Crippen molar-refractivity contribution in [3.63, 3.8) is 0 Å². The molecule has 0 radical (unpaired) electrons. The van der Waals surface area contributed by atoms with Crippen molar-refractivity contribution < 1.29 is 0 Å². The van der Waals surface area contributed by atoms with Crippen LogP contribution >= 0.6 is 0 Å². The van der Waals surface area contributed by atoms with E-state index in [9.17, 15) is 0 Å². The molecule has 2 rings (SSSR count). The lowest BCUT2D eigenvalue weighted by Gasteiger charge is -1.96. The first-order valence-electron chi connectivity index (χ1n) is 4.17. The Labute approximate surface area is 77.0 Å². The number of aliphatic imine (C=N–C) groups is 1. The number of para-hydroxylation sites is 1. The van der Waals surface area contributed by atoms with Crippen molar-refractivity contribution in [3.05, 3.63) is 42.1 Å². The highest BCUT2D eigenvalue weighted by atomic mass is 14.7. The standard InChI is InChI=1S/C11H10N2/c1-12-7-9-6-10-4-2-3-5-11(10)13-8-9/h2-8H,1H3. The molecule has 1 aromatic carbocycles. The van der Waals surface area contributed by atoms with Crippen LogP contribution in [0.25, 0.3) is 10.9 Å². The van der Waals surface area contributed by atoms with Crippen molar-refractivity contribution in [1.82, 2.24) is 4.98 Å². The topological polar surface area (TPSA) is 25.2 Å². The van der Waals surface area contributed by atoms with E-state index in [-0.39, 0.29) is 0 Å². The van der Waals surface area contributed by atoms with E-state index in [1.54, 1.807) is 13.3 Å². The van der Waals surface area contributed by atoms with Crippen LogP contribution in [0.4, 0.5) is 0 Å². The quantitative estimate of drug-likeness (QED) is 0.603. The van der Waals surface area contributed by atoms with Crippen LogP contribution in [0.15, 0.2) is 41.5 Å². The van der Waals surface area contributed by atoms with E-state index in [0.29, 0.717) is 0 Å². The highest BCUT2D eigenvalue weighted by molar-refractivity contribution is 5.87. The average molecular weight is 170 g/mol. The zero-order chi connectivity index (χ0) is 9.10. The second-order valence-electron chi connectivity index (χ2n) is 2.85. The summed E-state index contributed by atoms with van der Waals surface area (Å²) in [5.41, 5.74) is 2.07. The Morgan fingerprint density at radius 1 is 1.31 bits per heavy atom. The Morgan fingerprint density at radius 2 is 2.15 bits per heavy atom. The predicted molar refractivity (Wildman–Crippen MR) is 55.3 cm³/mol. The molecule has 0 saturated heterocycles. The molecule has 64 valence electrons. The van der Waals surface area contributed by atoms with E-state index in [2.05, 4.69) is 22.1 Å². The van der Waals surface area contributed by atoms with Crippen LogP contribution in [0.1, 0.15) is 5.56 Å². The largest absolute Gasteiger partial charge is 0.296 e. The molecule has 2 heteroatoms. The van der Waals surface area contributed by atoms with Gasteiger partial charge >= 0.3 is 0 Å². The molecule has 0 spiro atoms. The monoisotopic (exact) mass is 170 g/mol.